The zero-order valence-electron chi connectivity index (χ0n) is 6.79. The molecule has 1 heterocycles. The number of nitrogen functional groups attached to an aromatic ring is 1. The fourth-order valence-corrected chi connectivity index (χ4v) is 0.901. The summed E-state index contributed by atoms with van der Waals surface area (Å²) in [6, 6.07) is 1.78. The van der Waals surface area contributed by atoms with Gasteiger partial charge >= 0.3 is 0 Å². The topological polar surface area (TPSA) is 63.9 Å². The molecule has 1 aromatic rings. The highest BCUT2D eigenvalue weighted by atomic mass is 16.5. The number of hydrogen-bond donors (Lipinski definition) is 2. The minimum atomic E-state index is 0.0461. The predicted octanol–water partition coefficient (Wildman–Crippen LogP) is 1.09. The Labute approximate surface area is 65.7 Å². The minimum Gasteiger partial charge on any atom is -0.382 e. The molecule has 0 saturated carbocycles. The number of ether oxygens (including phenoxy) is 1. The van der Waals surface area contributed by atoms with Crippen molar-refractivity contribution in [3.8, 4) is 0 Å². The van der Waals surface area contributed by atoms with E-state index in [9.17, 15) is 0 Å². The van der Waals surface area contributed by atoms with E-state index in [1.807, 2.05) is 13.8 Å². The Hall–Kier alpha value is -1.03. The molecule has 0 radical (unpaired) electrons. The lowest BCUT2D eigenvalue weighted by Crippen LogP contribution is -1.99. The lowest BCUT2D eigenvalue weighted by molar-refractivity contribution is 0.0733. The van der Waals surface area contributed by atoms with Crippen molar-refractivity contribution in [2.24, 2.45) is 0 Å². The molecule has 0 aliphatic carbocycles. The van der Waals surface area contributed by atoms with Crippen LogP contribution in [-0.2, 0) is 4.74 Å². The number of rotatable bonds is 3. The highest BCUT2D eigenvalue weighted by molar-refractivity contribution is 5.29. The van der Waals surface area contributed by atoms with Gasteiger partial charge in [-0.1, -0.05) is 0 Å². The van der Waals surface area contributed by atoms with E-state index < -0.39 is 0 Å². The first kappa shape index (κ1) is 8.07. The Balaban J connectivity index is 2.60. The first-order valence-electron chi connectivity index (χ1n) is 3.66. The molecule has 1 rings (SSSR count). The smallest absolute Gasteiger partial charge is 0.145 e. The molecule has 62 valence electrons. The molecule has 0 spiro atoms. The summed E-state index contributed by atoms with van der Waals surface area (Å²) >= 11 is 0. The van der Waals surface area contributed by atoms with Crippen LogP contribution >= 0.6 is 0 Å². The number of anilines is 1. The average Bonchev–Trinajstić information content (AvgIpc) is 2.36. The Kier molecular flexibility index (Phi) is 2.48. The fraction of sp³-hybridized carbons (Fsp3) is 0.571. The number of aromatic amines is 1. The van der Waals surface area contributed by atoms with Gasteiger partial charge in [-0.3, -0.25) is 5.10 Å². The van der Waals surface area contributed by atoms with E-state index >= 15 is 0 Å². The van der Waals surface area contributed by atoms with Crippen molar-refractivity contribution < 1.29 is 4.74 Å². The van der Waals surface area contributed by atoms with Crippen LogP contribution in [0.3, 0.4) is 0 Å². The molecule has 4 nitrogen and oxygen atoms in total. The van der Waals surface area contributed by atoms with E-state index in [0.717, 1.165) is 5.69 Å². The summed E-state index contributed by atoms with van der Waals surface area (Å²) in [5, 5.41) is 6.58. The van der Waals surface area contributed by atoms with Crippen molar-refractivity contribution in [3.63, 3.8) is 0 Å². The van der Waals surface area contributed by atoms with E-state index in [1.165, 1.54) is 0 Å². The number of nitrogens with two attached hydrogens (primary N) is 1. The molecule has 0 amide bonds. The molecule has 1 aromatic heterocycles. The largest absolute Gasteiger partial charge is 0.382 e. The number of nitrogens with zero attached hydrogens (tertiary/aromatic N) is 1. The van der Waals surface area contributed by atoms with Crippen LogP contribution in [0, 0.1) is 0 Å². The van der Waals surface area contributed by atoms with Crippen molar-refractivity contribution in [1.82, 2.24) is 10.2 Å². The summed E-state index contributed by atoms with van der Waals surface area (Å²) in [4.78, 5) is 0. The van der Waals surface area contributed by atoms with Crippen LogP contribution in [0.5, 0.6) is 0 Å². The third-order valence-corrected chi connectivity index (χ3v) is 1.47. The van der Waals surface area contributed by atoms with Gasteiger partial charge in [0.15, 0.2) is 0 Å². The maximum atomic E-state index is 5.41. The molecule has 1 atom stereocenters. The van der Waals surface area contributed by atoms with Gasteiger partial charge in [-0.25, -0.2) is 0 Å². The van der Waals surface area contributed by atoms with Crippen LogP contribution in [0.4, 0.5) is 5.82 Å². The molecule has 0 aliphatic heterocycles. The standard InChI is InChI=1S/C7H13N3O/c1-3-11-5(2)6-4-7(8)10-9-6/h4-5H,3H2,1-2H3,(H3,8,9,10). The molecule has 3 N–H and O–H groups in total. The van der Waals surface area contributed by atoms with Crippen LogP contribution in [0.15, 0.2) is 6.07 Å². The van der Waals surface area contributed by atoms with Crippen LogP contribution in [0.1, 0.15) is 25.6 Å². The second-order valence-electron chi connectivity index (χ2n) is 2.35. The van der Waals surface area contributed by atoms with Gasteiger partial charge in [0.2, 0.25) is 0 Å². The van der Waals surface area contributed by atoms with Gasteiger partial charge in [0.1, 0.15) is 5.82 Å². The molecule has 0 aliphatic rings. The lowest BCUT2D eigenvalue weighted by atomic mass is 10.3. The molecule has 0 saturated heterocycles. The van der Waals surface area contributed by atoms with E-state index in [2.05, 4.69) is 10.2 Å². The van der Waals surface area contributed by atoms with E-state index in [-0.39, 0.29) is 6.10 Å². The number of aromatic nitrogens is 2. The van der Waals surface area contributed by atoms with Gasteiger partial charge in [-0.05, 0) is 13.8 Å². The molecule has 11 heavy (non-hydrogen) atoms. The zero-order chi connectivity index (χ0) is 8.27. The molecule has 0 bridgehead atoms. The van der Waals surface area contributed by atoms with Crippen molar-refractivity contribution in [3.05, 3.63) is 11.8 Å². The average molecular weight is 155 g/mol. The van der Waals surface area contributed by atoms with Crippen molar-refractivity contribution in [1.29, 1.82) is 0 Å². The van der Waals surface area contributed by atoms with Gasteiger partial charge in [0.05, 0.1) is 11.8 Å². The first-order chi connectivity index (χ1) is 5.24. The summed E-state index contributed by atoms with van der Waals surface area (Å²) in [5.41, 5.74) is 6.34. The summed E-state index contributed by atoms with van der Waals surface area (Å²) < 4.78 is 5.31. The summed E-state index contributed by atoms with van der Waals surface area (Å²) in [6.07, 6.45) is 0.0461. The maximum Gasteiger partial charge on any atom is 0.145 e. The highest BCUT2D eigenvalue weighted by Gasteiger charge is 2.06. The second-order valence-corrected chi connectivity index (χ2v) is 2.35. The number of H-pyrrole nitrogens is 1. The molecule has 1 unspecified atom stereocenters. The molecule has 0 aromatic carbocycles. The molecular formula is C7H13N3O. The summed E-state index contributed by atoms with van der Waals surface area (Å²) in [7, 11) is 0. The Morgan fingerprint density at radius 3 is 3.00 bits per heavy atom. The van der Waals surface area contributed by atoms with Gasteiger partial charge in [-0.15, -0.1) is 0 Å². The quantitative estimate of drug-likeness (QED) is 0.686. The van der Waals surface area contributed by atoms with Gasteiger partial charge in [0, 0.05) is 12.7 Å². The maximum absolute atomic E-state index is 5.41. The van der Waals surface area contributed by atoms with Crippen molar-refractivity contribution >= 4 is 5.82 Å². The zero-order valence-corrected chi connectivity index (χ0v) is 6.79. The van der Waals surface area contributed by atoms with Crippen molar-refractivity contribution in [2.75, 3.05) is 12.3 Å². The van der Waals surface area contributed by atoms with Gasteiger partial charge < -0.3 is 10.5 Å². The predicted molar refractivity (Wildman–Crippen MR) is 43.0 cm³/mol. The monoisotopic (exact) mass is 155 g/mol. The third kappa shape index (κ3) is 1.94. The van der Waals surface area contributed by atoms with Crippen LogP contribution in [0.25, 0.3) is 0 Å². The Bertz CT molecular complexity index is 221. The van der Waals surface area contributed by atoms with Crippen molar-refractivity contribution in [2.45, 2.75) is 20.0 Å². The number of hydrogen-bond acceptors (Lipinski definition) is 3. The number of nitrogens with one attached hydrogen (secondary N) is 1. The summed E-state index contributed by atoms with van der Waals surface area (Å²) in [6.45, 7) is 4.60. The SMILES string of the molecule is CCOC(C)c1cc(N)n[nH]1. The summed E-state index contributed by atoms with van der Waals surface area (Å²) in [5.74, 6) is 0.506. The third-order valence-electron chi connectivity index (χ3n) is 1.47. The molecule has 4 heteroatoms. The van der Waals surface area contributed by atoms with Crippen LogP contribution < -0.4 is 5.73 Å². The Morgan fingerprint density at radius 2 is 2.55 bits per heavy atom. The Morgan fingerprint density at radius 1 is 1.82 bits per heavy atom. The van der Waals surface area contributed by atoms with E-state index in [1.54, 1.807) is 6.07 Å². The van der Waals surface area contributed by atoms with Gasteiger partial charge in [0.25, 0.3) is 0 Å². The molecular weight excluding hydrogens is 142 g/mol. The van der Waals surface area contributed by atoms with Gasteiger partial charge in [-0.2, -0.15) is 5.10 Å². The second kappa shape index (κ2) is 3.39. The highest BCUT2D eigenvalue weighted by Crippen LogP contribution is 2.14. The normalized spacial score (nSPS) is 13.3. The van der Waals surface area contributed by atoms with Crippen LogP contribution in [-0.4, -0.2) is 16.8 Å². The van der Waals surface area contributed by atoms with E-state index in [0.29, 0.717) is 12.4 Å². The minimum absolute atomic E-state index is 0.0461. The molecule has 0 fully saturated rings. The lowest BCUT2D eigenvalue weighted by Gasteiger charge is -2.07. The van der Waals surface area contributed by atoms with Crippen LogP contribution in [0.2, 0.25) is 0 Å². The van der Waals surface area contributed by atoms with E-state index in [4.69, 9.17) is 10.5 Å². The fourth-order valence-electron chi connectivity index (χ4n) is 0.901. The first-order valence-corrected chi connectivity index (χ1v) is 3.66.